The molecule has 0 spiro atoms. The van der Waals surface area contributed by atoms with Crippen molar-refractivity contribution in [3.05, 3.63) is 62.5 Å². The predicted molar refractivity (Wildman–Crippen MR) is 85.4 cm³/mol. The Hall–Kier alpha value is -0.840. The highest BCUT2D eigenvalue weighted by Crippen LogP contribution is 2.24. The molecule has 0 fully saturated rings. The van der Waals surface area contributed by atoms with Gasteiger partial charge in [-0.1, -0.05) is 24.3 Å². The second kappa shape index (κ2) is 7.08. The van der Waals surface area contributed by atoms with Gasteiger partial charge in [-0.05, 0) is 55.6 Å². The van der Waals surface area contributed by atoms with Gasteiger partial charge in [0.1, 0.15) is 5.75 Å². The van der Waals surface area contributed by atoms with Crippen LogP contribution in [0.25, 0.3) is 0 Å². The molecular weight excluding hydrogens is 370 g/mol. The van der Waals surface area contributed by atoms with Crippen LogP contribution in [0.4, 0.5) is 0 Å². The third-order valence-corrected chi connectivity index (χ3v) is 4.70. The van der Waals surface area contributed by atoms with Crippen LogP contribution in [-0.4, -0.2) is 7.11 Å². The molecule has 1 N–H and O–H groups in total. The molecular formula is C15H15Br2NO. The van der Waals surface area contributed by atoms with Crippen molar-refractivity contribution in [2.45, 2.75) is 13.1 Å². The van der Waals surface area contributed by atoms with Gasteiger partial charge >= 0.3 is 0 Å². The SMILES string of the molecule is COc1ccccc1CNCc1ccc(Br)c(Br)c1. The van der Waals surface area contributed by atoms with Gasteiger partial charge in [0.05, 0.1) is 7.11 Å². The van der Waals surface area contributed by atoms with E-state index in [0.29, 0.717) is 0 Å². The lowest BCUT2D eigenvalue weighted by atomic mass is 10.2. The van der Waals surface area contributed by atoms with Crippen LogP contribution in [0.2, 0.25) is 0 Å². The standard InChI is InChI=1S/C15H15Br2NO/c1-19-15-5-3-2-4-12(15)10-18-9-11-6-7-13(16)14(17)8-11/h2-8,18H,9-10H2,1H3. The Kier molecular flexibility index (Phi) is 5.43. The first-order chi connectivity index (χ1) is 9.20. The first kappa shape index (κ1) is 14.6. The molecule has 0 saturated heterocycles. The fourth-order valence-corrected chi connectivity index (χ4v) is 2.51. The summed E-state index contributed by atoms with van der Waals surface area (Å²) in [7, 11) is 1.70. The largest absolute Gasteiger partial charge is 0.496 e. The van der Waals surface area contributed by atoms with E-state index in [1.807, 2.05) is 24.3 Å². The van der Waals surface area contributed by atoms with Crippen LogP contribution in [0.15, 0.2) is 51.4 Å². The molecule has 0 bridgehead atoms. The van der Waals surface area contributed by atoms with Crippen LogP contribution in [0.1, 0.15) is 11.1 Å². The summed E-state index contributed by atoms with van der Waals surface area (Å²) in [5.74, 6) is 0.923. The number of methoxy groups -OCH3 is 1. The topological polar surface area (TPSA) is 21.3 Å². The second-order valence-electron chi connectivity index (χ2n) is 4.16. The molecule has 0 aliphatic rings. The van der Waals surface area contributed by atoms with Crippen LogP contribution >= 0.6 is 31.9 Å². The first-order valence-corrected chi connectivity index (χ1v) is 7.56. The van der Waals surface area contributed by atoms with Gasteiger partial charge in [0.25, 0.3) is 0 Å². The second-order valence-corrected chi connectivity index (χ2v) is 5.87. The van der Waals surface area contributed by atoms with Crippen molar-refractivity contribution < 1.29 is 4.74 Å². The average molecular weight is 385 g/mol. The van der Waals surface area contributed by atoms with Gasteiger partial charge in [-0.25, -0.2) is 0 Å². The highest BCUT2D eigenvalue weighted by Gasteiger charge is 2.02. The summed E-state index contributed by atoms with van der Waals surface area (Å²) < 4.78 is 7.47. The van der Waals surface area contributed by atoms with E-state index in [1.54, 1.807) is 7.11 Å². The smallest absolute Gasteiger partial charge is 0.123 e. The Morgan fingerprint density at radius 1 is 1.00 bits per heavy atom. The molecule has 0 amide bonds. The normalized spacial score (nSPS) is 10.5. The molecule has 4 heteroatoms. The zero-order chi connectivity index (χ0) is 13.7. The number of halogens is 2. The van der Waals surface area contributed by atoms with Crippen molar-refractivity contribution in [3.63, 3.8) is 0 Å². The Balaban J connectivity index is 1.94. The van der Waals surface area contributed by atoms with Crippen molar-refractivity contribution >= 4 is 31.9 Å². The summed E-state index contributed by atoms with van der Waals surface area (Å²) in [6, 6.07) is 14.3. The van der Waals surface area contributed by atoms with Crippen LogP contribution in [-0.2, 0) is 13.1 Å². The lowest BCUT2D eigenvalue weighted by Crippen LogP contribution is -2.13. The minimum Gasteiger partial charge on any atom is -0.496 e. The van der Waals surface area contributed by atoms with Gasteiger partial charge in [0.15, 0.2) is 0 Å². The van der Waals surface area contributed by atoms with Gasteiger partial charge in [-0.3, -0.25) is 0 Å². The summed E-state index contributed by atoms with van der Waals surface area (Å²) >= 11 is 6.98. The van der Waals surface area contributed by atoms with E-state index in [-0.39, 0.29) is 0 Å². The lowest BCUT2D eigenvalue weighted by molar-refractivity contribution is 0.407. The first-order valence-electron chi connectivity index (χ1n) is 5.97. The Bertz CT molecular complexity index is 558. The zero-order valence-electron chi connectivity index (χ0n) is 10.6. The molecule has 0 saturated carbocycles. The van der Waals surface area contributed by atoms with Crippen LogP contribution < -0.4 is 10.1 Å². The maximum atomic E-state index is 5.33. The number of nitrogens with one attached hydrogen (secondary N) is 1. The molecule has 19 heavy (non-hydrogen) atoms. The highest BCUT2D eigenvalue weighted by atomic mass is 79.9. The third kappa shape index (κ3) is 4.06. The fourth-order valence-electron chi connectivity index (χ4n) is 1.84. The van der Waals surface area contributed by atoms with E-state index in [1.165, 1.54) is 11.1 Å². The molecule has 0 aliphatic carbocycles. The van der Waals surface area contributed by atoms with Gasteiger partial charge in [-0.15, -0.1) is 0 Å². The van der Waals surface area contributed by atoms with E-state index in [4.69, 9.17) is 4.74 Å². The number of rotatable bonds is 5. The molecule has 0 radical (unpaired) electrons. The van der Waals surface area contributed by atoms with E-state index in [9.17, 15) is 0 Å². The van der Waals surface area contributed by atoms with Crippen molar-refractivity contribution in [3.8, 4) is 5.75 Å². The summed E-state index contributed by atoms with van der Waals surface area (Å²) in [5.41, 5.74) is 2.41. The Morgan fingerprint density at radius 3 is 2.53 bits per heavy atom. The molecule has 0 aliphatic heterocycles. The maximum absolute atomic E-state index is 5.33. The molecule has 2 aromatic carbocycles. The summed E-state index contributed by atoms with van der Waals surface area (Å²) in [4.78, 5) is 0. The summed E-state index contributed by atoms with van der Waals surface area (Å²) in [6.45, 7) is 1.61. The number of para-hydroxylation sites is 1. The quantitative estimate of drug-likeness (QED) is 0.818. The molecule has 0 heterocycles. The lowest BCUT2D eigenvalue weighted by Gasteiger charge is -2.10. The molecule has 2 aromatic rings. The van der Waals surface area contributed by atoms with Crippen molar-refractivity contribution in [1.29, 1.82) is 0 Å². The number of hydrogen-bond donors (Lipinski definition) is 1. The summed E-state index contributed by atoms with van der Waals surface area (Å²) in [6.07, 6.45) is 0. The molecule has 2 nitrogen and oxygen atoms in total. The highest BCUT2D eigenvalue weighted by molar-refractivity contribution is 9.13. The van der Waals surface area contributed by atoms with Crippen LogP contribution in [0.3, 0.4) is 0 Å². The van der Waals surface area contributed by atoms with E-state index >= 15 is 0 Å². The summed E-state index contributed by atoms with van der Waals surface area (Å²) in [5, 5.41) is 3.42. The average Bonchev–Trinajstić information content (AvgIpc) is 2.43. The zero-order valence-corrected chi connectivity index (χ0v) is 13.8. The number of hydrogen-bond acceptors (Lipinski definition) is 2. The molecule has 100 valence electrons. The molecule has 0 aromatic heterocycles. The van der Waals surface area contributed by atoms with Crippen LogP contribution in [0.5, 0.6) is 5.75 Å². The van der Waals surface area contributed by atoms with Gasteiger partial charge in [-0.2, -0.15) is 0 Å². The third-order valence-electron chi connectivity index (χ3n) is 2.82. The number of ether oxygens (including phenoxy) is 1. The van der Waals surface area contributed by atoms with Crippen molar-refractivity contribution in [1.82, 2.24) is 5.32 Å². The van der Waals surface area contributed by atoms with Gasteiger partial charge in [0, 0.05) is 27.6 Å². The van der Waals surface area contributed by atoms with Crippen molar-refractivity contribution in [2.24, 2.45) is 0 Å². The van der Waals surface area contributed by atoms with Crippen LogP contribution in [0, 0.1) is 0 Å². The maximum Gasteiger partial charge on any atom is 0.123 e. The molecule has 0 atom stereocenters. The Morgan fingerprint density at radius 2 is 1.79 bits per heavy atom. The van der Waals surface area contributed by atoms with E-state index in [2.05, 4.69) is 55.4 Å². The van der Waals surface area contributed by atoms with Crippen molar-refractivity contribution in [2.75, 3.05) is 7.11 Å². The fraction of sp³-hybridized carbons (Fsp3) is 0.200. The molecule has 2 rings (SSSR count). The van der Waals surface area contributed by atoms with E-state index in [0.717, 1.165) is 27.8 Å². The van der Waals surface area contributed by atoms with Gasteiger partial charge in [0.2, 0.25) is 0 Å². The Labute approximate surface area is 130 Å². The minimum atomic E-state index is 0.789. The molecule has 0 unspecified atom stereocenters. The minimum absolute atomic E-state index is 0.789. The monoisotopic (exact) mass is 383 g/mol. The predicted octanol–water partition coefficient (Wildman–Crippen LogP) is 4.51. The van der Waals surface area contributed by atoms with Gasteiger partial charge < -0.3 is 10.1 Å². The van der Waals surface area contributed by atoms with E-state index < -0.39 is 0 Å². The number of benzene rings is 2.